The zero-order valence-corrected chi connectivity index (χ0v) is 20.7. The SMILES string of the molecule is Clc1ccc(Cc2c(-c3ccccc3)n3c4cc(Br)c(Br)cc4nc3c3cccn23)cc1. The molecule has 6 rings (SSSR count). The molecule has 0 N–H and O–H groups in total. The molecule has 0 bridgehead atoms. The number of imidazole rings is 1. The van der Waals surface area contributed by atoms with Gasteiger partial charge in [0.05, 0.1) is 27.9 Å². The van der Waals surface area contributed by atoms with Crippen molar-refractivity contribution in [1.82, 2.24) is 13.8 Å². The molecule has 0 unspecified atom stereocenters. The molecular formula is C26H16Br2ClN3. The molecule has 0 spiro atoms. The van der Waals surface area contributed by atoms with Gasteiger partial charge in [0.2, 0.25) is 0 Å². The first-order valence-electron chi connectivity index (χ1n) is 10.2. The van der Waals surface area contributed by atoms with Gasteiger partial charge in [-0.05, 0) is 73.8 Å². The average molecular weight is 566 g/mol. The van der Waals surface area contributed by atoms with E-state index in [4.69, 9.17) is 16.6 Å². The molecule has 0 fully saturated rings. The van der Waals surface area contributed by atoms with E-state index in [0.29, 0.717) is 0 Å². The monoisotopic (exact) mass is 563 g/mol. The van der Waals surface area contributed by atoms with Crippen molar-refractivity contribution in [3.63, 3.8) is 0 Å². The molecule has 0 saturated carbocycles. The van der Waals surface area contributed by atoms with Crippen LogP contribution in [0.15, 0.2) is 94.0 Å². The van der Waals surface area contributed by atoms with Crippen LogP contribution in [0.5, 0.6) is 0 Å². The first-order valence-corrected chi connectivity index (χ1v) is 12.2. The number of rotatable bonds is 3. The van der Waals surface area contributed by atoms with Crippen LogP contribution < -0.4 is 0 Å². The van der Waals surface area contributed by atoms with Crippen molar-refractivity contribution in [1.29, 1.82) is 0 Å². The number of hydrogen-bond donors (Lipinski definition) is 0. The Kier molecular flexibility index (Phi) is 4.86. The van der Waals surface area contributed by atoms with Crippen LogP contribution in [0.1, 0.15) is 11.3 Å². The van der Waals surface area contributed by atoms with E-state index in [0.717, 1.165) is 53.8 Å². The molecule has 6 aromatic rings. The summed E-state index contributed by atoms with van der Waals surface area (Å²) in [4.78, 5) is 5.04. The van der Waals surface area contributed by atoms with Crippen molar-refractivity contribution in [3.8, 4) is 11.3 Å². The van der Waals surface area contributed by atoms with Crippen LogP contribution >= 0.6 is 43.5 Å². The molecule has 0 aliphatic rings. The van der Waals surface area contributed by atoms with Crippen molar-refractivity contribution in [3.05, 3.63) is 110 Å². The summed E-state index contributed by atoms with van der Waals surface area (Å²) in [6.45, 7) is 0. The largest absolute Gasteiger partial charge is 0.315 e. The molecule has 3 aromatic heterocycles. The number of hydrogen-bond acceptors (Lipinski definition) is 1. The summed E-state index contributed by atoms with van der Waals surface area (Å²) in [6, 6.07) is 27.0. The zero-order chi connectivity index (χ0) is 21.8. The normalized spacial score (nSPS) is 11.7. The standard InChI is InChI=1S/C26H16Br2ClN3/c27-19-14-21-23(15-20(19)28)32-25(17-5-2-1-3-6-17)24(13-16-8-10-18(29)11-9-16)31-12-4-7-22(31)26(32)30-21/h1-12,14-15H,13H2. The quantitative estimate of drug-likeness (QED) is 0.212. The molecular weight excluding hydrogens is 550 g/mol. The zero-order valence-electron chi connectivity index (χ0n) is 16.8. The molecule has 6 heteroatoms. The van der Waals surface area contributed by atoms with Gasteiger partial charge in [-0.1, -0.05) is 54.1 Å². The molecule has 0 aliphatic carbocycles. The number of benzene rings is 3. The van der Waals surface area contributed by atoms with Gasteiger partial charge in [0.25, 0.3) is 0 Å². The molecule has 3 nitrogen and oxygen atoms in total. The molecule has 0 amide bonds. The summed E-state index contributed by atoms with van der Waals surface area (Å²) >= 11 is 13.5. The van der Waals surface area contributed by atoms with Crippen molar-refractivity contribution in [2.75, 3.05) is 0 Å². The fourth-order valence-corrected chi connectivity index (χ4v) is 5.16. The van der Waals surface area contributed by atoms with E-state index < -0.39 is 0 Å². The highest BCUT2D eigenvalue weighted by atomic mass is 79.9. The lowest BCUT2D eigenvalue weighted by Gasteiger charge is -2.17. The third-order valence-corrected chi connectivity index (χ3v) is 7.89. The minimum absolute atomic E-state index is 0.745. The van der Waals surface area contributed by atoms with E-state index >= 15 is 0 Å². The van der Waals surface area contributed by atoms with E-state index in [-0.39, 0.29) is 0 Å². The molecule has 0 radical (unpaired) electrons. The summed E-state index contributed by atoms with van der Waals surface area (Å²) < 4.78 is 6.55. The molecule has 3 aromatic carbocycles. The topological polar surface area (TPSA) is 21.7 Å². The molecule has 156 valence electrons. The first-order chi connectivity index (χ1) is 15.6. The second kappa shape index (κ2) is 7.77. The van der Waals surface area contributed by atoms with Crippen molar-refractivity contribution >= 4 is 65.7 Å². The molecule has 0 saturated heterocycles. The first kappa shape index (κ1) is 20.0. The van der Waals surface area contributed by atoms with Crippen LogP contribution in [-0.2, 0) is 6.42 Å². The summed E-state index contributed by atoms with van der Waals surface area (Å²) in [5.41, 5.74) is 8.72. The highest BCUT2D eigenvalue weighted by Crippen LogP contribution is 2.36. The van der Waals surface area contributed by atoms with E-state index in [1.165, 1.54) is 11.3 Å². The predicted molar refractivity (Wildman–Crippen MR) is 139 cm³/mol. The van der Waals surface area contributed by atoms with Gasteiger partial charge >= 0.3 is 0 Å². The fourth-order valence-electron chi connectivity index (χ4n) is 4.37. The van der Waals surface area contributed by atoms with Gasteiger partial charge in [-0.2, -0.15) is 0 Å². The van der Waals surface area contributed by atoms with Crippen molar-refractivity contribution in [2.24, 2.45) is 0 Å². The lowest BCUT2D eigenvalue weighted by Crippen LogP contribution is -2.07. The average Bonchev–Trinajstić information content (AvgIpc) is 3.42. The summed E-state index contributed by atoms with van der Waals surface area (Å²) in [6.07, 6.45) is 2.89. The Morgan fingerprint density at radius 3 is 2.34 bits per heavy atom. The molecule has 3 heterocycles. The predicted octanol–water partition coefficient (Wildman–Crippen LogP) is 8.18. The Morgan fingerprint density at radius 1 is 0.812 bits per heavy atom. The van der Waals surface area contributed by atoms with Gasteiger partial charge in [0.1, 0.15) is 0 Å². The minimum atomic E-state index is 0.745. The number of fused-ring (bicyclic) bond motifs is 5. The van der Waals surface area contributed by atoms with E-state index in [9.17, 15) is 0 Å². The Morgan fingerprint density at radius 2 is 1.56 bits per heavy atom. The second-order valence-electron chi connectivity index (χ2n) is 7.75. The van der Waals surface area contributed by atoms with E-state index in [1.807, 2.05) is 18.2 Å². The Labute approximate surface area is 206 Å². The number of halogens is 3. The van der Waals surface area contributed by atoms with E-state index in [1.54, 1.807) is 0 Å². The number of nitrogens with zero attached hydrogens (tertiary/aromatic N) is 3. The Balaban J connectivity index is 1.78. The third-order valence-electron chi connectivity index (χ3n) is 5.79. The number of aromatic nitrogens is 3. The van der Waals surface area contributed by atoms with Crippen LogP contribution in [0.2, 0.25) is 5.02 Å². The fraction of sp³-hybridized carbons (Fsp3) is 0.0385. The maximum Gasteiger partial charge on any atom is 0.162 e. The second-order valence-corrected chi connectivity index (χ2v) is 9.90. The third kappa shape index (κ3) is 3.19. The highest BCUT2D eigenvalue weighted by Gasteiger charge is 2.20. The van der Waals surface area contributed by atoms with Crippen molar-refractivity contribution < 1.29 is 0 Å². The van der Waals surface area contributed by atoms with Gasteiger partial charge in [-0.15, -0.1) is 0 Å². The van der Waals surface area contributed by atoms with Crippen LogP contribution in [-0.4, -0.2) is 13.8 Å². The van der Waals surface area contributed by atoms with Gasteiger partial charge in [0.15, 0.2) is 5.65 Å². The smallest absolute Gasteiger partial charge is 0.162 e. The van der Waals surface area contributed by atoms with Gasteiger partial charge in [0, 0.05) is 32.1 Å². The summed E-state index contributed by atoms with van der Waals surface area (Å²) in [7, 11) is 0. The van der Waals surface area contributed by atoms with E-state index in [2.05, 4.69) is 108 Å². The maximum atomic E-state index is 6.15. The van der Waals surface area contributed by atoms with Crippen LogP contribution in [0, 0.1) is 0 Å². The van der Waals surface area contributed by atoms with Crippen LogP contribution in [0.4, 0.5) is 0 Å². The lowest BCUT2D eigenvalue weighted by atomic mass is 10.0. The van der Waals surface area contributed by atoms with Gasteiger partial charge in [-0.25, -0.2) is 4.98 Å². The van der Waals surface area contributed by atoms with Crippen molar-refractivity contribution in [2.45, 2.75) is 6.42 Å². The molecule has 0 aliphatic heterocycles. The van der Waals surface area contributed by atoms with Crippen LogP contribution in [0.25, 0.3) is 33.5 Å². The van der Waals surface area contributed by atoms with Crippen LogP contribution in [0.3, 0.4) is 0 Å². The Bertz CT molecular complexity index is 1620. The lowest BCUT2D eigenvalue weighted by molar-refractivity contribution is 0.981. The highest BCUT2D eigenvalue weighted by molar-refractivity contribution is 9.13. The Hall–Kier alpha value is -2.60. The molecule has 32 heavy (non-hydrogen) atoms. The maximum absolute atomic E-state index is 6.15. The minimum Gasteiger partial charge on any atom is -0.315 e. The summed E-state index contributed by atoms with van der Waals surface area (Å²) in [5.74, 6) is 0. The molecule has 0 atom stereocenters. The summed E-state index contributed by atoms with van der Waals surface area (Å²) in [5, 5.41) is 0.745. The van der Waals surface area contributed by atoms with Gasteiger partial charge in [-0.3, -0.25) is 4.40 Å². The van der Waals surface area contributed by atoms with Gasteiger partial charge < -0.3 is 4.40 Å².